The number of piperidine rings is 1. The van der Waals surface area contributed by atoms with Crippen LogP contribution in [0.1, 0.15) is 29.0 Å². The summed E-state index contributed by atoms with van der Waals surface area (Å²) >= 11 is 12.5. The molecule has 0 saturated carbocycles. The zero-order valence-corrected chi connectivity index (χ0v) is 15.0. The molecule has 1 N–H and O–H groups in total. The molecule has 0 aliphatic carbocycles. The van der Waals surface area contributed by atoms with Gasteiger partial charge in [0, 0.05) is 18.7 Å². The highest BCUT2D eigenvalue weighted by Crippen LogP contribution is 2.37. The predicted molar refractivity (Wildman–Crippen MR) is 93.0 cm³/mol. The van der Waals surface area contributed by atoms with Crippen LogP contribution in [-0.4, -0.2) is 40.1 Å². The number of halogens is 2. The number of hydrogen-bond acceptors (Lipinski definition) is 4. The fourth-order valence-electron chi connectivity index (χ4n) is 3.04. The van der Waals surface area contributed by atoms with Crippen molar-refractivity contribution in [3.8, 4) is 11.3 Å². The average molecular weight is 383 g/mol. The lowest BCUT2D eigenvalue weighted by Gasteiger charge is -2.30. The van der Waals surface area contributed by atoms with Crippen LogP contribution in [0.15, 0.2) is 22.7 Å². The van der Waals surface area contributed by atoms with Crippen molar-refractivity contribution in [3.05, 3.63) is 39.6 Å². The molecular weight excluding hydrogens is 367 g/mol. The second kappa shape index (κ2) is 7.06. The molecule has 1 fully saturated rings. The Bertz CT molecular complexity index is 814. The van der Waals surface area contributed by atoms with E-state index in [4.69, 9.17) is 27.7 Å². The molecule has 1 saturated heterocycles. The Labute approximate surface area is 154 Å². The molecular formula is C17H16Cl2N2O4. The van der Waals surface area contributed by atoms with Crippen LogP contribution < -0.4 is 0 Å². The molecule has 1 aromatic heterocycles. The highest BCUT2D eigenvalue weighted by molar-refractivity contribution is 6.39. The van der Waals surface area contributed by atoms with Gasteiger partial charge in [-0.1, -0.05) is 34.4 Å². The highest BCUT2D eigenvalue weighted by Gasteiger charge is 2.33. The molecule has 132 valence electrons. The minimum atomic E-state index is -0.895. The van der Waals surface area contributed by atoms with E-state index < -0.39 is 11.9 Å². The van der Waals surface area contributed by atoms with E-state index in [9.17, 15) is 14.7 Å². The number of aromatic nitrogens is 1. The molecule has 2 aromatic rings. The van der Waals surface area contributed by atoms with Gasteiger partial charge in [0.25, 0.3) is 5.91 Å². The first-order valence-electron chi connectivity index (χ1n) is 7.83. The van der Waals surface area contributed by atoms with Crippen molar-refractivity contribution in [2.45, 2.75) is 19.8 Å². The second-order valence-corrected chi connectivity index (χ2v) is 6.80. The Kier molecular flexibility index (Phi) is 5.01. The normalized spacial score (nSPS) is 17.6. The van der Waals surface area contributed by atoms with Crippen LogP contribution in [0.2, 0.25) is 10.0 Å². The van der Waals surface area contributed by atoms with E-state index in [0.29, 0.717) is 40.8 Å². The molecule has 2 heterocycles. The molecule has 0 radical (unpaired) electrons. The zero-order valence-electron chi connectivity index (χ0n) is 13.5. The number of nitrogens with zero attached hydrogens (tertiary/aromatic N) is 2. The summed E-state index contributed by atoms with van der Waals surface area (Å²) in [5.41, 5.74) is 0.967. The van der Waals surface area contributed by atoms with Crippen LogP contribution in [0.5, 0.6) is 0 Å². The van der Waals surface area contributed by atoms with Crippen molar-refractivity contribution in [2.24, 2.45) is 5.92 Å². The lowest BCUT2D eigenvalue weighted by molar-refractivity contribution is -0.143. The molecule has 8 heteroatoms. The SMILES string of the molecule is Cc1onc(-c2c(Cl)cccc2Cl)c1C(=O)N1CCC[C@H](C(=O)O)C1. The van der Waals surface area contributed by atoms with Crippen LogP contribution >= 0.6 is 23.2 Å². The molecule has 1 atom stereocenters. The van der Waals surface area contributed by atoms with Crippen molar-refractivity contribution in [1.29, 1.82) is 0 Å². The van der Waals surface area contributed by atoms with Gasteiger partial charge in [0.2, 0.25) is 0 Å². The van der Waals surface area contributed by atoms with Crippen LogP contribution in [0.25, 0.3) is 11.3 Å². The molecule has 1 aliphatic heterocycles. The third-order valence-corrected chi connectivity index (χ3v) is 4.96. The Hall–Kier alpha value is -2.05. The summed E-state index contributed by atoms with van der Waals surface area (Å²) in [5.74, 6) is -1.44. The van der Waals surface area contributed by atoms with E-state index in [1.807, 2.05) is 0 Å². The Morgan fingerprint density at radius 3 is 2.64 bits per heavy atom. The third-order valence-electron chi connectivity index (χ3n) is 4.33. The number of rotatable bonds is 3. The Morgan fingerprint density at radius 1 is 1.32 bits per heavy atom. The molecule has 0 unspecified atom stereocenters. The maximum atomic E-state index is 13.0. The number of carbonyl (C=O) groups excluding carboxylic acids is 1. The van der Waals surface area contributed by atoms with Crippen molar-refractivity contribution in [2.75, 3.05) is 13.1 Å². The summed E-state index contributed by atoms with van der Waals surface area (Å²) in [5, 5.41) is 13.9. The van der Waals surface area contributed by atoms with Gasteiger partial charge in [0.05, 0.1) is 16.0 Å². The fraction of sp³-hybridized carbons (Fsp3) is 0.353. The quantitative estimate of drug-likeness (QED) is 0.869. The van der Waals surface area contributed by atoms with E-state index in [1.165, 1.54) is 4.90 Å². The number of aliphatic carboxylic acids is 1. The first kappa shape index (κ1) is 17.8. The predicted octanol–water partition coefficient (Wildman–Crippen LogP) is 3.89. The molecule has 3 rings (SSSR count). The van der Waals surface area contributed by atoms with E-state index in [1.54, 1.807) is 25.1 Å². The van der Waals surface area contributed by atoms with Gasteiger partial charge in [-0.05, 0) is 31.9 Å². The van der Waals surface area contributed by atoms with E-state index in [-0.39, 0.29) is 23.7 Å². The topological polar surface area (TPSA) is 83.6 Å². The highest BCUT2D eigenvalue weighted by atomic mass is 35.5. The van der Waals surface area contributed by atoms with Gasteiger partial charge >= 0.3 is 5.97 Å². The number of benzene rings is 1. The number of amides is 1. The van der Waals surface area contributed by atoms with Gasteiger partial charge in [-0.2, -0.15) is 0 Å². The summed E-state index contributed by atoms with van der Waals surface area (Å²) in [6.45, 7) is 2.28. The van der Waals surface area contributed by atoms with Crippen molar-refractivity contribution < 1.29 is 19.2 Å². The lowest BCUT2D eigenvalue weighted by atomic mass is 9.97. The average Bonchev–Trinajstić information content (AvgIpc) is 2.95. The molecule has 25 heavy (non-hydrogen) atoms. The maximum Gasteiger partial charge on any atom is 0.308 e. The standard InChI is InChI=1S/C17H16Cl2N2O4/c1-9-13(16(22)21-7-3-4-10(8-21)17(23)24)15(20-25-9)14-11(18)5-2-6-12(14)19/h2,5-6,10H,3-4,7-8H2,1H3,(H,23,24)/t10-/m0/s1. The van der Waals surface area contributed by atoms with Crippen LogP contribution in [0.4, 0.5) is 0 Å². The van der Waals surface area contributed by atoms with Crippen molar-refractivity contribution >= 4 is 35.1 Å². The smallest absolute Gasteiger partial charge is 0.308 e. The number of carbonyl (C=O) groups is 2. The van der Waals surface area contributed by atoms with Gasteiger partial charge in [0.1, 0.15) is 17.0 Å². The molecule has 1 aliphatic rings. The van der Waals surface area contributed by atoms with E-state index in [2.05, 4.69) is 5.16 Å². The number of hydrogen-bond donors (Lipinski definition) is 1. The zero-order chi connectivity index (χ0) is 18.1. The number of aryl methyl sites for hydroxylation is 1. The third kappa shape index (κ3) is 3.37. The first-order valence-corrected chi connectivity index (χ1v) is 8.58. The summed E-state index contributed by atoms with van der Waals surface area (Å²) in [4.78, 5) is 25.8. The maximum absolute atomic E-state index is 13.0. The van der Waals surface area contributed by atoms with Crippen LogP contribution in [0, 0.1) is 12.8 Å². The van der Waals surface area contributed by atoms with Crippen LogP contribution in [0.3, 0.4) is 0 Å². The monoisotopic (exact) mass is 382 g/mol. The van der Waals surface area contributed by atoms with Crippen molar-refractivity contribution in [1.82, 2.24) is 10.1 Å². The second-order valence-electron chi connectivity index (χ2n) is 5.99. The lowest BCUT2D eigenvalue weighted by Crippen LogP contribution is -2.42. The number of carboxylic acid groups (broad SMARTS) is 1. The number of carboxylic acids is 1. The summed E-state index contributed by atoms with van der Waals surface area (Å²) in [6.07, 6.45) is 1.19. The fourth-order valence-corrected chi connectivity index (χ4v) is 3.62. The molecule has 1 aromatic carbocycles. The Balaban J connectivity index is 2.00. The van der Waals surface area contributed by atoms with Gasteiger partial charge in [-0.25, -0.2) is 0 Å². The van der Waals surface area contributed by atoms with Gasteiger partial charge < -0.3 is 14.5 Å². The molecule has 0 spiro atoms. The van der Waals surface area contributed by atoms with E-state index in [0.717, 1.165) is 0 Å². The largest absolute Gasteiger partial charge is 0.481 e. The first-order chi connectivity index (χ1) is 11.9. The molecule has 6 nitrogen and oxygen atoms in total. The van der Waals surface area contributed by atoms with Gasteiger partial charge in [-0.15, -0.1) is 0 Å². The molecule has 0 bridgehead atoms. The summed E-state index contributed by atoms with van der Waals surface area (Å²) in [6, 6.07) is 5.01. The van der Waals surface area contributed by atoms with Gasteiger partial charge in [0.15, 0.2) is 0 Å². The number of likely N-dealkylation sites (tertiary alicyclic amines) is 1. The van der Waals surface area contributed by atoms with E-state index >= 15 is 0 Å². The Morgan fingerprint density at radius 2 is 2.00 bits per heavy atom. The molecule has 1 amide bonds. The minimum Gasteiger partial charge on any atom is -0.481 e. The summed E-state index contributed by atoms with van der Waals surface area (Å²) in [7, 11) is 0. The van der Waals surface area contributed by atoms with Crippen LogP contribution in [-0.2, 0) is 4.79 Å². The minimum absolute atomic E-state index is 0.161. The summed E-state index contributed by atoms with van der Waals surface area (Å²) < 4.78 is 5.22. The van der Waals surface area contributed by atoms with Crippen molar-refractivity contribution in [3.63, 3.8) is 0 Å². The van der Waals surface area contributed by atoms with Gasteiger partial charge in [-0.3, -0.25) is 9.59 Å².